The van der Waals surface area contributed by atoms with Gasteiger partial charge in [0.15, 0.2) is 0 Å². The molecule has 0 aromatic heterocycles. The fourth-order valence-corrected chi connectivity index (χ4v) is 1.45. The predicted molar refractivity (Wildman–Crippen MR) is 55.8 cm³/mol. The van der Waals surface area contributed by atoms with Crippen molar-refractivity contribution in [3.8, 4) is 5.75 Å². The van der Waals surface area contributed by atoms with Gasteiger partial charge in [-0.15, -0.1) is 0 Å². The SMILES string of the molecule is NCC(O)C(O)c1ccc(O)c(Br)c1. The van der Waals surface area contributed by atoms with E-state index in [1.165, 1.54) is 12.1 Å². The summed E-state index contributed by atoms with van der Waals surface area (Å²) in [5.74, 6) is 0.0863. The summed E-state index contributed by atoms with van der Waals surface area (Å²) in [4.78, 5) is 0. The first kappa shape index (κ1) is 11.5. The van der Waals surface area contributed by atoms with Gasteiger partial charge >= 0.3 is 0 Å². The van der Waals surface area contributed by atoms with Gasteiger partial charge in [-0.1, -0.05) is 6.07 Å². The lowest BCUT2D eigenvalue weighted by Gasteiger charge is -2.16. The molecule has 0 bridgehead atoms. The number of phenols is 1. The van der Waals surface area contributed by atoms with Gasteiger partial charge in [-0.05, 0) is 33.6 Å². The Morgan fingerprint density at radius 3 is 2.50 bits per heavy atom. The number of nitrogens with two attached hydrogens (primary N) is 1. The van der Waals surface area contributed by atoms with E-state index < -0.39 is 12.2 Å². The first-order chi connectivity index (χ1) is 6.56. The van der Waals surface area contributed by atoms with Crippen LogP contribution in [-0.4, -0.2) is 28.0 Å². The van der Waals surface area contributed by atoms with Gasteiger partial charge in [-0.3, -0.25) is 0 Å². The third-order valence-electron chi connectivity index (χ3n) is 1.92. The highest BCUT2D eigenvalue weighted by atomic mass is 79.9. The molecular formula is C9H12BrNO3. The fourth-order valence-electron chi connectivity index (χ4n) is 1.06. The van der Waals surface area contributed by atoms with Gasteiger partial charge in [0.2, 0.25) is 0 Å². The monoisotopic (exact) mass is 261 g/mol. The number of aromatic hydroxyl groups is 1. The van der Waals surface area contributed by atoms with Crippen molar-refractivity contribution in [1.82, 2.24) is 0 Å². The summed E-state index contributed by atoms with van der Waals surface area (Å²) in [6.45, 7) is -0.0142. The average Bonchev–Trinajstić information content (AvgIpc) is 2.20. The van der Waals surface area contributed by atoms with Crippen LogP contribution in [0.15, 0.2) is 22.7 Å². The number of phenolic OH excluding ortho intramolecular Hbond substituents is 1. The van der Waals surface area contributed by atoms with E-state index in [2.05, 4.69) is 15.9 Å². The second-order valence-corrected chi connectivity index (χ2v) is 3.81. The van der Waals surface area contributed by atoms with Crippen LogP contribution in [0.4, 0.5) is 0 Å². The molecule has 0 aliphatic heterocycles. The Kier molecular flexibility index (Phi) is 3.88. The second-order valence-electron chi connectivity index (χ2n) is 2.96. The van der Waals surface area contributed by atoms with Crippen molar-refractivity contribution in [1.29, 1.82) is 0 Å². The highest BCUT2D eigenvalue weighted by Gasteiger charge is 2.17. The highest BCUT2D eigenvalue weighted by molar-refractivity contribution is 9.10. The van der Waals surface area contributed by atoms with E-state index in [0.29, 0.717) is 10.0 Å². The molecule has 1 aromatic carbocycles. The molecule has 0 radical (unpaired) electrons. The number of rotatable bonds is 3. The quantitative estimate of drug-likeness (QED) is 0.639. The second kappa shape index (κ2) is 4.75. The molecule has 0 aliphatic rings. The van der Waals surface area contributed by atoms with Crippen LogP contribution in [0.5, 0.6) is 5.75 Å². The lowest BCUT2D eigenvalue weighted by atomic mass is 10.0. The zero-order valence-corrected chi connectivity index (χ0v) is 8.98. The summed E-state index contributed by atoms with van der Waals surface area (Å²) in [7, 11) is 0. The number of benzene rings is 1. The van der Waals surface area contributed by atoms with Gasteiger partial charge in [-0.25, -0.2) is 0 Å². The zero-order valence-electron chi connectivity index (χ0n) is 7.39. The van der Waals surface area contributed by atoms with Crippen LogP contribution in [0.3, 0.4) is 0 Å². The van der Waals surface area contributed by atoms with Crippen molar-refractivity contribution < 1.29 is 15.3 Å². The van der Waals surface area contributed by atoms with Crippen molar-refractivity contribution >= 4 is 15.9 Å². The molecule has 0 heterocycles. The summed E-state index contributed by atoms with van der Waals surface area (Å²) in [5.41, 5.74) is 5.71. The largest absolute Gasteiger partial charge is 0.507 e. The van der Waals surface area contributed by atoms with Crippen LogP contribution in [-0.2, 0) is 0 Å². The van der Waals surface area contributed by atoms with Crippen molar-refractivity contribution in [2.24, 2.45) is 5.73 Å². The van der Waals surface area contributed by atoms with Gasteiger partial charge in [0.1, 0.15) is 11.9 Å². The van der Waals surface area contributed by atoms with Crippen LogP contribution in [0.1, 0.15) is 11.7 Å². The van der Waals surface area contributed by atoms with Gasteiger partial charge in [0.05, 0.1) is 10.6 Å². The van der Waals surface area contributed by atoms with Crippen molar-refractivity contribution in [2.75, 3.05) is 6.54 Å². The standard InChI is InChI=1S/C9H12BrNO3/c10-6-3-5(1-2-7(6)12)9(14)8(13)4-11/h1-3,8-9,12-14H,4,11H2. The molecule has 1 rings (SSSR count). The normalized spacial score (nSPS) is 15.1. The Hall–Kier alpha value is -0.620. The third kappa shape index (κ3) is 2.45. The molecule has 2 atom stereocenters. The number of halogens is 1. The maximum atomic E-state index is 9.57. The van der Waals surface area contributed by atoms with Crippen LogP contribution in [0.25, 0.3) is 0 Å². The Balaban J connectivity index is 2.91. The Bertz CT molecular complexity index is 319. The molecule has 14 heavy (non-hydrogen) atoms. The number of aliphatic hydroxyl groups is 2. The zero-order chi connectivity index (χ0) is 10.7. The average molecular weight is 262 g/mol. The third-order valence-corrected chi connectivity index (χ3v) is 2.55. The maximum absolute atomic E-state index is 9.57. The van der Waals surface area contributed by atoms with Crippen molar-refractivity contribution in [3.63, 3.8) is 0 Å². The number of hydrogen-bond acceptors (Lipinski definition) is 4. The fraction of sp³-hybridized carbons (Fsp3) is 0.333. The van der Waals surface area contributed by atoms with E-state index in [1.807, 2.05) is 0 Å². The summed E-state index contributed by atoms with van der Waals surface area (Å²) < 4.78 is 0.471. The number of hydrogen-bond donors (Lipinski definition) is 4. The van der Waals surface area contributed by atoms with Crippen LogP contribution >= 0.6 is 15.9 Å². The molecule has 78 valence electrons. The molecule has 4 nitrogen and oxygen atoms in total. The van der Waals surface area contributed by atoms with Gasteiger partial charge in [-0.2, -0.15) is 0 Å². The molecule has 0 fully saturated rings. The molecular weight excluding hydrogens is 250 g/mol. The lowest BCUT2D eigenvalue weighted by molar-refractivity contribution is 0.0243. The van der Waals surface area contributed by atoms with E-state index in [9.17, 15) is 15.3 Å². The van der Waals surface area contributed by atoms with Crippen LogP contribution in [0.2, 0.25) is 0 Å². The minimum atomic E-state index is -1.03. The van der Waals surface area contributed by atoms with Crippen LogP contribution in [0, 0.1) is 0 Å². The smallest absolute Gasteiger partial charge is 0.129 e. The molecule has 0 amide bonds. The minimum absolute atomic E-state index is 0.0142. The van der Waals surface area contributed by atoms with Crippen molar-refractivity contribution in [2.45, 2.75) is 12.2 Å². The van der Waals surface area contributed by atoms with E-state index in [1.54, 1.807) is 6.07 Å². The summed E-state index contributed by atoms with van der Waals surface area (Å²) >= 11 is 3.11. The Labute approximate surface area is 90.1 Å². The van der Waals surface area contributed by atoms with E-state index in [4.69, 9.17) is 5.73 Å². The minimum Gasteiger partial charge on any atom is -0.507 e. The first-order valence-electron chi connectivity index (χ1n) is 4.11. The summed E-state index contributed by atoms with van der Waals surface area (Å²) in [6.07, 6.45) is -2.02. The Morgan fingerprint density at radius 1 is 1.36 bits per heavy atom. The van der Waals surface area contributed by atoms with Gasteiger partial charge < -0.3 is 21.1 Å². The van der Waals surface area contributed by atoms with Gasteiger partial charge in [0.25, 0.3) is 0 Å². The molecule has 5 heteroatoms. The molecule has 1 aromatic rings. The van der Waals surface area contributed by atoms with E-state index in [-0.39, 0.29) is 12.3 Å². The predicted octanol–water partition coefficient (Wildman–Crippen LogP) is 0.508. The topological polar surface area (TPSA) is 86.7 Å². The molecule has 0 spiro atoms. The van der Waals surface area contributed by atoms with E-state index in [0.717, 1.165) is 0 Å². The molecule has 0 saturated carbocycles. The first-order valence-corrected chi connectivity index (χ1v) is 4.90. The van der Waals surface area contributed by atoms with Crippen LogP contribution < -0.4 is 5.73 Å². The maximum Gasteiger partial charge on any atom is 0.129 e. The molecule has 5 N–H and O–H groups in total. The summed E-state index contributed by atoms with van der Waals surface area (Å²) in [5, 5.41) is 28.1. The Morgan fingerprint density at radius 2 is 2.00 bits per heavy atom. The summed E-state index contributed by atoms with van der Waals surface area (Å²) in [6, 6.07) is 4.51. The molecule has 2 unspecified atom stereocenters. The van der Waals surface area contributed by atoms with Crippen molar-refractivity contribution in [3.05, 3.63) is 28.2 Å². The number of aliphatic hydroxyl groups excluding tert-OH is 2. The van der Waals surface area contributed by atoms with E-state index >= 15 is 0 Å². The molecule has 0 aliphatic carbocycles. The lowest BCUT2D eigenvalue weighted by Crippen LogP contribution is -2.27. The van der Waals surface area contributed by atoms with Gasteiger partial charge in [0, 0.05) is 6.54 Å². The molecule has 0 saturated heterocycles. The highest BCUT2D eigenvalue weighted by Crippen LogP contribution is 2.27.